The van der Waals surface area contributed by atoms with E-state index >= 15 is 0 Å². The first-order valence-electron chi connectivity index (χ1n) is 8.34. The van der Waals surface area contributed by atoms with Crippen molar-refractivity contribution >= 4 is 17.7 Å². The Labute approximate surface area is 157 Å². The summed E-state index contributed by atoms with van der Waals surface area (Å²) >= 11 is 0. The molecule has 0 aromatic heterocycles. The molecule has 1 saturated carbocycles. The highest BCUT2D eigenvalue weighted by Crippen LogP contribution is 2.47. The number of carbonyl (C=O) groups excluding carboxylic acids is 3. The van der Waals surface area contributed by atoms with Crippen LogP contribution in [-0.4, -0.2) is 56.9 Å². The highest BCUT2D eigenvalue weighted by Gasteiger charge is 2.57. The van der Waals surface area contributed by atoms with Gasteiger partial charge in [-0.05, 0) is 24.6 Å². The van der Waals surface area contributed by atoms with Gasteiger partial charge in [-0.15, -0.1) is 0 Å². The summed E-state index contributed by atoms with van der Waals surface area (Å²) in [4.78, 5) is 37.5. The normalized spacial score (nSPS) is 27.6. The molecule has 8 heteroatoms. The SMILES string of the molecule is COC(=O)[C@H]1C(=O)C[C@](C)(O)[C@H](C(=O)OC)[C@H]1c1ccc(OC)c(OC)c1. The van der Waals surface area contributed by atoms with Crippen molar-refractivity contribution in [2.75, 3.05) is 28.4 Å². The monoisotopic (exact) mass is 380 g/mol. The maximum absolute atomic E-state index is 12.7. The first-order valence-corrected chi connectivity index (χ1v) is 8.34. The van der Waals surface area contributed by atoms with E-state index in [9.17, 15) is 19.5 Å². The molecule has 0 amide bonds. The van der Waals surface area contributed by atoms with Crippen molar-refractivity contribution in [2.45, 2.75) is 24.9 Å². The Balaban J connectivity index is 2.69. The van der Waals surface area contributed by atoms with Gasteiger partial charge >= 0.3 is 11.9 Å². The van der Waals surface area contributed by atoms with Gasteiger partial charge in [-0.3, -0.25) is 14.4 Å². The summed E-state index contributed by atoms with van der Waals surface area (Å²) in [5.41, 5.74) is -1.24. The molecule has 4 atom stereocenters. The van der Waals surface area contributed by atoms with E-state index in [4.69, 9.17) is 18.9 Å². The lowest BCUT2D eigenvalue weighted by Gasteiger charge is -2.43. The van der Waals surface area contributed by atoms with Crippen LogP contribution < -0.4 is 9.47 Å². The van der Waals surface area contributed by atoms with Crippen molar-refractivity contribution in [2.24, 2.45) is 11.8 Å². The fourth-order valence-corrected chi connectivity index (χ4v) is 3.73. The van der Waals surface area contributed by atoms with Gasteiger partial charge in [-0.1, -0.05) is 6.07 Å². The summed E-state index contributed by atoms with van der Waals surface area (Å²) in [6.45, 7) is 1.38. The number of hydrogen-bond acceptors (Lipinski definition) is 8. The van der Waals surface area contributed by atoms with Crippen LogP contribution in [0.5, 0.6) is 11.5 Å². The van der Waals surface area contributed by atoms with Gasteiger partial charge in [0, 0.05) is 12.3 Å². The van der Waals surface area contributed by atoms with Gasteiger partial charge < -0.3 is 24.1 Å². The number of aliphatic hydroxyl groups is 1. The molecule has 1 fully saturated rings. The number of ether oxygens (including phenoxy) is 4. The zero-order chi connectivity index (χ0) is 20.4. The molecule has 1 aliphatic rings. The Hall–Kier alpha value is -2.61. The van der Waals surface area contributed by atoms with Gasteiger partial charge in [0.25, 0.3) is 0 Å². The molecular formula is C19H24O8. The molecule has 1 aromatic rings. The lowest BCUT2D eigenvalue weighted by Crippen LogP contribution is -2.55. The molecule has 0 bridgehead atoms. The Morgan fingerprint density at radius 2 is 1.63 bits per heavy atom. The van der Waals surface area contributed by atoms with E-state index in [2.05, 4.69) is 0 Å². The van der Waals surface area contributed by atoms with Gasteiger partial charge in [0.05, 0.1) is 40.0 Å². The Kier molecular flexibility index (Phi) is 6.10. The maximum atomic E-state index is 12.7. The summed E-state index contributed by atoms with van der Waals surface area (Å²) in [6.07, 6.45) is -0.365. The van der Waals surface area contributed by atoms with Crippen LogP contribution in [0.15, 0.2) is 18.2 Å². The summed E-state index contributed by atoms with van der Waals surface area (Å²) < 4.78 is 20.1. The van der Waals surface area contributed by atoms with E-state index in [-0.39, 0.29) is 6.42 Å². The van der Waals surface area contributed by atoms with Crippen molar-refractivity contribution in [1.29, 1.82) is 0 Å². The quantitative estimate of drug-likeness (QED) is 0.597. The van der Waals surface area contributed by atoms with Crippen molar-refractivity contribution < 1.29 is 38.4 Å². The molecule has 0 unspecified atom stereocenters. The van der Waals surface area contributed by atoms with Crippen LogP contribution in [0.1, 0.15) is 24.8 Å². The predicted molar refractivity (Wildman–Crippen MR) is 93.5 cm³/mol. The second-order valence-corrected chi connectivity index (χ2v) is 6.64. The number of Topliss-reactive ketones (excluding diaryl/α,β-unsaturated/α-hetero) is 1. The number of hydrogen-bond donors (Lipinski definition) is 1. The molecule has 0 heterocycles. The summed E-state index contributed by atoms with van der Waals surface area (Å²) in [5, 5.41) is 10.8. The number of rotatable bonds is 5. The molecule has 8 nitrogen and oxygen atoms in total. The number of carbonyl (C=O) groups is 3. The number of ketones is 1. The van der Waals surface area contributed by atoms with Crippen LogP contribution in [0.2, 0.25) is 0 Å². The second-order valence-electron chi connectivity index (χ2n) is 6.64. The van der Waals surface area contributed by atoms with E-state index in [1.807, 2.05) is 0 Å². The van der Waals surface area contributed by atoms with Gasteiger partial charge in [-0.2, -0.15) is 0 Å². The van der Waals surface area contributed by atoms with E-state index in [0.29, 0.717) is 17.1 Å². The minimum atomic E-state index is -1.69. The molecule has 27 heavy (non-hydrogen) atoms. The zero-order valence-electron chi connectivity index (χ0n) is 16.0. The second kappa shape index (κ2) is 7.96. The molecule has 0 aliphatic heterocycles. The van der Waals surface area contributed by atoms with Crippen LogP contribution in [-0.2, 0) is 23.9 Å². The minimum absolute atomic E-state index is 0.361. The molecule has 0 saturated heterocycles. The van der Waals surface area contributed by atoms with Crippen LogP contribution >= 0.6 is 0 Å². The van der Waals surface area contributed by atoms with E-state index < -0.39 is 41.1 Å². The smallest absolute Gasteiger partial charge is 0.316 e. The minimum Gasteiger partial charge on any atom is -0.493 e. The number of benzene rings is 1. The molecule has 0 spiro atoms. The van der Waals surface area contributed by atoms with Crippen molar-refractivity contribution in [3.63, 3.8) is 0 Å². The van der Waals surface area contributed by atoms with Crippen LogP contribution in [0, 0.1) is 11.8 Å². The molecule has 0 radical (unpaired) electrons. The highest BCUT2D eigenvalue weighted by molar-refractivity contribution is 6.02. The van der Waals surface area contributed by atoms with Gasteiger partial charge in [0.15, 0.2) is 17.3 Å². The first-order chi connectivity index (χ1) is 12.7. The van der Waals surface area contributed by atoms with Gasteiger partial charge in [0.2, 0.25) is 0 Å². The number of methoxy groups -OCH3 is 4. The molecule has 1 N–H and O–H groups in total. The van der Waals surface area contributed by atoms with E-state index in [0.717, 1.165) is 0 Å². The third kappa shape index (κ3) is 3.75. The van der Waals surface area contributed by atoms with Crippen LogP contribution in [0.4, 0.5) is 0 Å². The largest absolute Gasteiger partial charge is 0.493 e. The summed E-state index contributed by atoms with van der Waals surface area (Å²) in [6, 6.07) is 4.79. The third-order valence-corrected chi connectivity index (χ3v) is 4.97. The molecular weight excluding hydrogens is 356 g/mol. The predicted octanol–water partition coefficient (Wildman–Crippen LogP) is 1.09. The molecule has 1 aromatic carbocycles. The average Bonchev–Trinajstić information content (AvgIpc) is 2.64. The van der Waals surface area contributed by atoms with E-state index in [1.54, 1.807) is 18.2 Å². The molecule has 2 rings (SSSR count). The Bertz CT molecular complexity index is 739. The van der Waals surface area contributed by atoms with Crippen molar-refractivity contribution in [1.82, 2.24) is 0 Å². The number of esters is 2. The van der Waals surface area contributed by atoms with Crippen molar-refractivity contribution in [3.05, 3.63) is 23.8 Å². The zero-order valence-corrected chi connectivity index (χ0v) is 16.0. The van der Waals surface area contributed by atoms with Crippen LogP contribution in [0.25, 0.3) is 0 Å². The topological polar surface area (TPSA) is 108 Å². The summed E-state index contributed by atoms with van der Waals surface area (Å²) in [5.74, 6) is -4.59. The fourth-order valence-electron chi connectivity index (χ4n) is 3.73. The maximum Gasteiger partial charge on any atom is 0.316 e. The Morgan fingerprint density at radius 3 is 2.15 bits per heavy atom. The lowest BCUT2D eigenvalue weighted by atomic mass is 9.61. The fraction of sp³-hybridized carbons (Fsp3) is 0.526. The highest BCUT2D eigenvalue weighted by atomic mass is 16.5. The van der Waals surface area contributed by atoms with Gasteiger partial charge in [-0.25, -0.2) is 0 Å². The first kappa shape index (κ1) is 20.7. The van der Waals surface area contributed by atoms with Crippen molar-refractivity contribution in [3.8, 4) is 11.5 Å². The van der Waals surface area contributed by atoms with Gasteiger partial charge in [0.1, 0.15) is 5.92 Å². The molecule has 1 aliphatic carbocycles. The molecule has 148 valence electrons. The standard InChI is InChI=1S/C19H24O8/c1-19(23)9-11(20)15(17(21)26-4)14(16(19)18(22)27-5)10-6-7-12(24-2)13(8-10)25-3/h6-8,14-16,23H,9H2,1-5H3/t14-,15-,16-,19-/m0/s1. The van der Waals surface area contributed by atoms with Crippen LogP contribution in [0.3, 0.4) is 0 Å². The lowest BCUT2D eigenvalue weighted by molar-refractivity contribution is -0.170. The average molecular weight is 380 g/mol. The van der Waals surface area contributed by atoms with E-state index in [1.165, 1.54) is 35.4 Å². The third-order valence-electron chi connectivity index (χ3n) is 4.97. The Morgan fingerprint density at radius 1 is 1.04 bits per heavy atom. The summed E-state index contributed by atoms with van der Waals surface area (Å²) in [7, 11) is 5.27.